The van der Waals surface area contributed by atoms with E-state index in [2.05, 4.69) is 10.3 Å². The third-order valence-corrected chi connectivity index (χ3v) is 4.42. The highest BCUT2D eigenvalue weighted by Gasteiger charge is 2.30. The van der Waals surface area contributed by atoms with Gasteiger partial charge in [-0.2, -0.15) is 0 Å². The summed E-state index contributed by atoms with van der Waals surface area (Å²) in [6.07, 6.45) is 0.618. The van der Waals surface area contributed by atoms with Crippen LogP contribution < -0.4 is 10.9 Å². The Morgan fingerprint density at radius 3 is 2.80 bits per heavy atom. The van der Waals surface area contributed by atoms with Gasteiger partial charge in [0.05, 0.1) is 22.2 Å². The molecule has 6 nitrogen and oxygen atoms in total. The Kier molecular flexibility index (Phi) is 3.78. The molecule has 126 valence electrons. The average Bonchev–Trinajstić information content (AvgIpc) is 2.88. The van der Waals surface area contributed by atoms with E-state index in [1.165, 1.54) is 4.57 Å². The Bertz CT molecular complexity index is 1080. The number of aliphatic hydroxyl groups excluding tert-OH is 1. The molecule has 2 heterocycles. The van der Waals surface area contributed by atoms with Crippen LogP contribution in [0.3, 0.4) is 0 Å². The Balaban J connectivity index is 1.87. The van der Waals surface area contributed by atoms with Gasteiger partial charge in [0.25, 0.3) is 5.56 Å². The highest BCUT2D eigenvalue weighted by Crippen LogP contribution is 2.29. The first-order valence-electron chi connectivity index (χ1n) is 7.86. The number of hydrogen-bond donors (Lipinski definition) is 2. The van der Waals surface area contributed by atoms with Gasteiger partial charge in [0, 0.05) is 23.9 Å². The summed E-state index contributed by atoms with van der Waals surface area (Å²) in [4.78, 5) is 29.9. The van der Waals surface area contributed by atoms with Crippen molar-refractivity contribution in [2.24, 2.45) is 0 Å². The quantitative estimate of drug-likeness (QED) is 0.549. The smallest absolute Gasteiger partial charge is 0.266 e. The van der Waals surface area contributed by atoms with E-state index in [1.807, 2.05) is 0 Å². The van der Waals surface area contributed by atoms with Crippen LogP contribution in [0.1, 0.15) is 22.6 Å². The molecule has 1 aliphatic heterocycles. The van der Waals surface area contributed by atoms with E-state index in [0.717, 1.165) is 5.69 Å². The lowest BCUT2D eigenvalue weighted by Crippen LogP contribution is -2.21. The molecule has 0 aliphatic carbocycles. The fourth-order valence-corrected chi connectivity index (χ4v) is 3.16. The summed E-state index contributed by atoms with van der Waals surface area (Å²) in [5.74, 6) is -0.211. The lowest BCUT2D eigenvalue weighted by Gasteiger charge is -2.08. The molecule has 0 bridgehead atoms. The molecule has 0 unspecified atom stereocenters. The molecular formula is C18H14ClN3O3. The van der Waals surface area contributed by atoms with E-state index in [9.17, 15) is 9.59 Å². The SMILES string of the molecule is O=C1c2cc(Cl)ccc2-n2c1nc1cc(NCCCO)ccc1c2=O. The third kappa shape index (κ3) is 2.50. The maximum atomic E-state index is 12.9. The molecule has 2 aromatic carbocycles. The standard InChI is InChI=1S/C18H14ClN3O3/c19-10-2-5-15-13(8-10)16(24)17-21-14-9-11(20-6-1-7-23)3-4-12(14)18(25)22(15)17/h2-5,8-9,20,23H,1,6-7H2. The van der Waals surface area contributed by atoms with Gasteiger partial charge >= 0.3 is 0 Å². The average molecular weight is 356 g/mol. The maximum absolute atomic E-state index is 12.9. The predicted octanol–water partition coefficient (Wildman–Crippen LogP) is 2.38. The number of fused-ring (bicyclic) bond motifs is 4. The Labute approximate surface area is 147 Å². The van der Waals surface area contributed by atoms with Crippen LogP contribution in [0.25, 0.3) is 16.6 Å². The second kappa shape index (κ2) is 5.98. The molecule has 0 radical (unpaired) electrons. The normalized spacial score (nSPS) is 12.3. The Morgan fingerprint density at radius 1 is 1.16 bits per heavy atom. The number of benzene rings is 2. The first-order valence-corrected chi connectivity index (χ1v) is 8.24. The topological polar surface area (TPSA) is 84.2 Å². The van der Waals surface area contributed by atoms with Gasteiger partial charge in [-0.3, -0.25) is 14.2 Å². The summed E-state index contributed by atoms with van der Waals surface area (Å²) in [7, 11) is 0. The number of ketones is 1. The number of carbonyl (C=O) groups is 1. The molecule has 0 atom stereocenters. The van der Waals surface area contributed by atoms with Gasteiger partial charge in [-0.15, -0.1) is 0 Å². The minimum Gasteiger partial charge on any atom is -0.396 e. The molecule has 1 aromatic heterocycles. The van der Waals surface area contributed by atoms with Gasteiger partial charge in [0.1, 0.15) is 0 Å². The number of halogens is 1. The van der Waals surface area contributed by atoms with Gasteiger partial charge in [0.15, 0.2) is 5.82 Å². The van der Waals surface area contributed by atoms with Gasteiger partial charge in [-0.1, -0.05) is 11.6 Å². The number of nitrogens with zero attached hydrogens (tertiary/aromatic N) is 2. The first-order chi connectivity index (χ1) is 12.1. The highest BCUT2D eigenvalue weighted by atomic mass is 35.5. The van der Waals surface area contributed by atoms with Crippen molar-refractivity contribution in [3.8, 4) is 5.69 Å². The Hall–Kier alpha value is -2.70. The predicted molar refractivity (Wildman–Crippen MR) is 96.0 cm³/mol. The fourth-order valence-electron chi connectivity index (χ4n) is 2.99. The molecule has 0 amide bonds. The number of aromatic nitrogens is 2. The van der Waals surface area contributed by atoms with Crippen molar-refractivity contribution >= 4 is 34.0 Å². The van der Waals surface area contributed by atoms with Crippen molar-refractivity contribution in [3.05, 3.63) is 63.2 Å². The van der Waals surface area contributed by atoms with Gasteiger partial charge in [-0.25, -0.2) is 4.98 Å². The lowest BCUT2D eigenvalue weighted by molar-refractivity contribution is 0.103. The molecule has 0 saturated carbocycles. The maximum Gasteiger partial charge on any atom is 0.266 e. The summed E-state index contributed by atoms with van der Waals surface area (Å²) < 4.78 is 1.34. The molecule has 0 saturated heterocycles. The third-order valence-electron chi connectivity index (χ3n) is 4.18. The van der Waals surface area contributed by atoms with Crippen molar-refractivity contribution in [2.45, 2.75) is 6.42 Å². The monoisotopic (exact) mass is 355 g/mol. The Morgan fingerprint density at radius 2 is 2.00 bits per heavy atom. The van der Waals surface area contributed by atoms with Crippen LogP contribution in [0.15, 0.2) is 41.2 Å². The molecule has 25 heavy (non-hydrogen) atoms. The van der Waals surface area contributed by atoms with Crippen molar-refractivity contribution in [3.63, 3.8) is 0 Å². The number of hydrogen-bond acceptors (Lipinski definition) is 5. The number of carbonyl (C=O) groups excluding carboxylic acids is 1. The van der Waals surface area contributed by atoms with Crippen LogP contribution in [0.4, 0.5) is 5.69 Å². The second-order valence-corrected chi connectivity index (χ2v) is 6.24. The van der Waals surface area contributed by atoms with Crippen LogP contribution in [0.5, 0.6) is 0 Å². The van der Waals surface area contributed by atoms with Crippen LogP contribution >= 0.6 is 11.6 Å². The molecule has 1 aliphatic rings. The number of rotatable bonds is 4. The highest BCUT2D eigenvalue weighted by molar-refractivity contribution is 6.31. The molecule has 2 N–H and O–H groups in total. The zero-order valence-electron chi connectivity index (χ0n) is 13.1. The van der Waals surface area contributed by atoms with E-state index >= 15 is 0 Å². The van der Waals surface area contributed by atoms with E-state index in [1.54, 1.807) is 36.4 Å². The minimum atomic E-state index is -0.310. The molecular weight excluding hydrogens is 342 g/mol. The van der Waals surface area contributed by atoms with E-state index in [4.69, 9.17) is 16.7 Å². The zero-order valence-corrected chi connectivity index (χ0v) is 13.9. The molecule has 0 spiro atoms. The van der Waals surface area contributed by atoms with Crippen LogP contribution in [0.2, 0.25) is 5.02 Å². The largest absolute Gasteiger partial charge is 0.396 e. The van der Waals surface area contributed by atoms with Crippen molar-refractivity contribution in [2.75, 3.05) is 18.5 Å². The fraction of sp³-hybridized carbons (Fsp3) is 0.167. The zero-order chi connectivity index (χ0) is 17.6. The van der Waals surface area contributed by atoms with Gasteiger partial charge in [-0.05, 0) is 42.8 Å². The number of aliphatic hydroxyl groups is 1. The number of nitrogens with one attached hydrogen (secondary N) is 1. The molecule has 4 rings (SSSR count). The molecule has 0 fully saturated rings. The van der Waals surface area contributed by atoms with E-state index < -0.39 is 0 Å². The second-order valence-electron chi connectivity index (χ2n) is 5.80. The number of anilines is 1. The van der Waals surface area contributed by atoms with Crippen molar-refractivity contribution < 1.29 is 9.90 Å². The first kappa shape index (κ1) is 15.8. The lowest BCUT2D eigenvalue weighted by atomic mass is 10.1. The summed E-state index contributed by atoms with van der Waals surface area (Å²) in [6.45, 7) is 0.706. The van der Waals surface area contributed by atoms with Crippen LogP contribution in [0, 0.1) is 0 Å². The van der Waals surface area contributed by atoms with Crippen molar-refractivity contribution in [1.29, 1.82) is 0 Å². The van der Waals surface area contributed by atoms with Gasteiger partial charge in [0.2, 0.25) is 5.78 Å². The van der Waals surface area contributed by atoms with Crippen LogP contribution in [-0.2, 0) is 0 Å². The summed E-state index contributed by atoms with van der Waals surface area (Å²) >= 11 is 5.97. The van der Waals surface area contributed by atoms with E-state index in [-0.39, 0.29) is 23.8 Å². The van der Waals surface area contributed by atoms with Crippen molar-refractivity contribution in [1.82, 2.24) is 9.55 Å². The minimum absolute atomic E-state index is 0.0993. The summed E-state index contributed by atoms with van der Waals surface area (Å²) in [6, 6.07) is 10.1. The summed E-state index contributed by atoms with van der Waals surface area (Å²) in [5, 5.41) is 12.9. The molecule has 7 heteroatoms. The van der Waals surface area contributed by atoms with E-state index in [0.29, 0.717) is 40.1 Å². The summed E-state index contributed by atoms with van der Waals surface area (Å²) in [5.41, 5.74) is 1.85. The van der Waals surface area contributed by atoms with Crippen LogP contribution in [-0.4, -0.2) is 33.6 Å². The molecule has 3 aromatic rings. The van der Waals surface area contributed by atoms with Gasteiger partial charge < -0.3 is 10.4 Å².